The Bertz CT molecular complexity index is 193. The summed E-state index contributed by atoms with van der Waals surface area (Å²) in [4.78, 5) is 13.6. The van der Waals surface area contributed by atoms with Crippen molar-refractivity contribution in [3.63, 3.8) is 0 Å². The van der Waals surface area contributed by atoms with Crippen molar-refractivity contribution in [1.29, 1.82) is 0 Å². The van der Waals surface area contributed by atoms with E-state index in [4.69, 9.17) is 0 Å². The zero-order valence-electron chi connectivity index (χ0n) is 9.79. The van der Waals surface area contributed by atoms with Gasteiger partial charge >= 0.3 is 0 Å². The molecule has 4 heteroatoms. The molecule has 3 nitrogen and oxygen atoms in total. The van der Waals surface area contributed by atoms with E-state index < -0.39 is 0 Å². The van der Waals surface area contributed by atoms with E-state index in [9.17, 15) is 4.79 Å². The van der Waals surface area contributed by atoms with Crippen molar-refractivity contribution in [1.82, 2.24) is 10.2 Å². The first-order valence-electron chi connectivity index (χ1n) is 5.67. The minimum atomic E-state index is 0.287. The van der Waals surface area contributed by atoms with Gasteiger partial charge in [-0.05, 0) is 38.1 Å². The highest BCUT2D eigenvalue weighted by molar-refractivity contribution is 7.98. The average molecular weight is 230 g/mol. The first-order valence-corrected chi connectivity index (χ1v) is 7.07. The fourth-order valence-corrected chi connectivity index (χ4v) is 2.33. The Morgan fingerprint density at radius 1 is 1.60 bits per heavy atom. The van der Waals surface area contributed by atoms with Gasteiger partial charge in [-0.3, -0.25) is 4.79 Å². The van der Waals surface area contributed by atoms with Gasteiger partial charge in [-0.25, -0.2) is 0 Å². The van der Waals surface area contributed by atoms with E-state index in [0.29, 0.717) is 12.3 Å². The maximum atomic E-state index is 11.7. The van der Waals surface area contributed by atoms with Crippen molar-refractivity contribution >= 4 is 17.7 Å². The molecule has 1 fully saturated rings. The van der Waals surface area contributed by atoms with Crippen LogP contribution in [0, 0.1) is 5.92 Å². The van der Waals surface area contributed by atoms with Gasteiger partial charge in [0.2, 0.25) is 5.91 Å². The zero-order valence-corrected chi connectivity index (χ0v) is 10.6. The van der Waals surface area contributed by atoms with E-state index in [-0.39, 0.29) is 5.91 Å². The van der Waals surface area contributed by atoms with Crippen LogP contribution in [0.25, 0.3) is 0 Å². The van der Waals surface area contributed by atoms with Gasteiger partial charge < -0.3 is 10.2 Å². The van der Waals surface area contributed by atoms with Gasteiger partial charge in [-0.15, -0.1) is 0 Å². The van der Waals surface area contributed by atoms with Crippen LogP contribution >= 0.6 is 11.8 Å². The minimum absolute atomic E-state index is 0.287. The summed E-state index contributed by atoms with van der Waals surface area (Å²) in [6.07, 6.45) is 5.22. The fourth-order valence-electron chi connectivity index (χ4n) is 1.95. The third kappa shape index (κ3) is 4.89. The Labute approximate surface area is 97.0 Å². The van der Waals surface area contributed by atoms with Gasteiger partial charge in [0, 0.05) is 25.8 Å². The number of hydrogen-bond donors (Lipinski definition) is 1. The second-order valence-corrected chi connectivity index (χ2v) is 5.22. The van der Waals surface area contributed by atoms with Crippen molar-refractivity contribution in [3.05, 3.63) is 0 Å². The smallest absolute Gasteiger partial charge is 0.223 e. The van der Waals surface area contributed by atoms with Gasteiger partial charge in [0.1, 0.15) is 0 Å². The lowest BCUT2D eigenvalue weighted by Gasteiger charge is -2.27. The lowest BCUT2D eigenvalue weighted by atomic mass is 9.99. The van der Waals surface area contributed by atoms with Crippen molar-refractivity contribution < 1.29 is 4.79 Å². The molecule has 0 spiro atoms. The Balaban J connectivity index is 2.20. The van der Waals surface area contributed by atoms with Crippen LogP contribution in [0.1, 0.15) is 19.3 Å². The summed E-state index contributed by atoms with van der Waals surface area (Å²) in [6.45, 7) is 3.13. The monoisotopic (exact) mass is 230 g/mol. The number of thioether (sulfide) groups is 1. The molecule has 1 unspecified atom stereocenters. The molecule has 1 amide bonds. The predicted octanol–water partition coefficient (Wildman–Crippen LogP) is 1.20. The molecule has 88 valence electrons. The lowest BCUT2D eigenvalue weighted by molar-refractivity contribution is -0.130. The Kier molecular flexibility index (Phi) is 6.10. The van der Waals surface area contributed by atoms with Crippen LogP contribution in [-0.4, -0.2) is 49.5 Å². The zero-order chi connectivity index (χ0) is 11.1. The van der Waals surface area contributed by atoms with Crippen LogP contribution in [-0.2, 0) is 4.79 Å². The highest BCUT2D eigenvalue weighted by Crippen LogP contribution is 2.11. The predicted molar refractivity (Wildman–Crippen MR) is 66.2 cm³/mol. The molecule has 1 aliphatic heterocycles. The van der Waals surface area contributed by atoms with Crippen molar-refractivity contribution in [3.8, 4) is 0 Å². The van der Waals surface area contributed by atoms with E-state index in [0.717, 1.165) is 25.4 Å². The normalized spacial score (nSPS) is 21.3. The van der Waals surface area contributed by atoms with Crippen LogP contribution < -0.4 is 5.32 Å². The molecular weight excluding hydrogens is 208 g/mol. The SMILES string of the molecule is CSCCC(=O)N(C)CC1CCCNC1. The van der Waals surface area contributed by atoms with Gasteiger partial charge in [0.05, 0.1) is 0 Å². The highest BCUT2D eigenvalue weighted by Gasteiger charge is 2.17. The van der Waals surface area contributed by atoms with Gasteiger partial charge in [-0.2, -0.15) is 11.8 Å². The van der Waals surface area contributed by atoms with Crippen LogP contribution in [0.5, 0.6) is 0 Å². The van der Waals surface area contributed by atoms with Crippen molar-refractivity contribution in [2.75, 3.05) is 38.7 Å². The van der Waals surface area contributed by atoms with Crippen molar-refractivity contribution in [2.24, 2.45) is 5.92 Å². The maximum absolute atomic E-state index is 11.7. The van der Waals surface area contributed by atoms with Crippen LogP contribution in [0.4, 0.5) is 0 Å². The lowest BCUT2D eigenvalue weighted by Crippen LogP contribution is -2.39. The number of carbonyl (C=O) groups is 1. The molecule has 1 rings (SSSR count). The second-order valence-electron chi connectivity index (χ2n) is 4.23. The van der Waals surface area contributed by atoms with E-state index in [1.54, 1.807) is 11.8 Å². The molecule has 0 radical (unpaired) electrons. The van der Waals surface area contributed by atoms with Gasteiger partial charge in [0.15, 0.2) is 0 Å². The van der Waals surface area contributed by atoms with Crippen LogP contribution in [0.3, 0.4) is 0 Å². The standard InChI is InChI=1S/C11H22N2OS/c1-13(11(14)5-7-15-2)9-10-4-3-6-12-8-10/h10,12H,3-9H2,1-2H3. The molecule has 0 saturated carbocycles. The van der Waals surface area contributed by atoms with Crippen molar-refractivity contribution in [2.45, 2.75) is 19.3 Å². The van der Waals surface area contributed by atoms with E-state index in [1.807, 2.05) is 18.2 Å². The largest absolute Gasteiger partial charge is 0.345 e. The summed E-state index contributed by atoms with van der Waals surface area (Å²) in [6, 6.07) is 0. The molecule has 0 aromatic rings. The number of carbonyl (C=O) groups excluding carboxylic acids is 1. The quantitative estimate of drug-likeness (QED) is 0.770. The third-order valence-electron chi connectivity index (χ3n) is 2.88. The third-order valence-corrected chi connectivity index (χ3v) is 3.49. The molecule has 1 N–H and O–H groups in total. The fraction of sp³-hybridized carbons (Fsp3) is 0.909. The summed E-state index contributed by atoms with van der Waals surface area (Å²) < 4.78 is 0. The molecule has 15 heavy (non-hydrogen) atoms. The molecule has 0 bridgehead atoms. The average Bonchev–Trinajstić information content (AvgIpc) is 2.27. The van der Waals surface area contributed by atoms with E-state index >= 15 is 0 Å². The summed E-state index contributed by atoms with van der Waals surface area (Å²) in [5, 5.41) is 3.38. The van der Waals surface area contributed by atoms with E-state index in [1.165, 1.54) is 12.8 Å². The number of nitrogens with zero attached hydrogens (tertiary/aromatic N) is 1. The highest BCUT2D eigenvalue weighted by atomic mass is 32.2. The van der Waals surface area contributed by atoms with E-state index in [2.05, 4.69) is 5.32 Å². The first-order chi connectivity index (χ1) is 7.24. The molecule has 1 saturated heterocycles. The summed E-state index contributed by atoms with van der Waals surface area (Å²) in [5.74, 6) is 1.88. The summed E-state index contributed by atoms with van der Waals surface area (Å²) in [5.41, 5.74) is 0. The Morgan fingerprint density at radius 2 is 2.40 bits per heavy atom. The number of piperidine rings is 1. The summed E-state index contributed by atoms with van der Waals surface area (Å²) >= 11 is 1.73. The number of nitrogens with one attached hydrogen (secondary N) is 1. The minimum Gasteiger partial charge on any atom is -0.345 e. The molecule has 1 atom stereocenters. The molecule has 1 heterocycles. The molecular formula is C11H22N2OS. The molecule has 0 aromatic heterocycles. The molecule has 1 aliphatic rings. The topological polar surface area (TPSA) is 32.3 Å². The van der Waals surface area contributed by atoms with Gasteiger partial charge in [0.25, 0.3) is 0 Å². The Morgan fingerprint density at radius 3 is 3.00 bits per heavy atom. The van der Waals surface area contributed by atoms with Crippen LogP contribution in [0.2, 0.25) is 0 Å². The van der Waals surface area contributed by atoms with Gasteiger partial charge in [-0.1, -0.05) is 0 Å². The number of hydrogen-bond acceptors (Lipinski definition) is 3. The second kappa shape index (κ2) is 7.12. The molecule has 0 aromatic carbocycles. The number of amides is 1. The Hall–Kier alpha value is -0.220. The first kappa shape index (κ1) is 12.8. The maximum Gasteiger partial charge on any atom is 0.223 e. The summed E-state index contributed by atoms with van der Waals surface area (Å²) in [7, 11) is 1.93. The van der Waals surface area contributed by atoms with Crippen LogP contribution in [0.15, 0.2) is 0 Å². The molecule has 0 aliphatic carbocycles. The number of rotatable bonds is 5.